The maximum atomic E-state index is 13.0. The zero-order chi connectivity index (χ0) is 22.9. The van der Waals surface area contributed by atoms with Crippen molar-refractivity contribution in [1.82, 2.24) is 15.3 Å². The van der Waals surface area contributed by atoms with Gasteiger partial charge >= 0.3 is 0 Å². The predicted octanol–water partition coefficient (Wildman–Crippen LogP) is 2.39. The topological polar surface area (TPSA) is 111 Å². The molecule has 4 rings (SSSR count). The lowest BCUT2D eigenvalue weighted by molar-refractivity contribution is -0.384. The third kappa shape index (κ3) is 3.80. The zero-order valence-electron chi connectivity index (χ0n) is 17.9. The lowest BCUT2D eigenvalue weighted by Gasteiger charge is -2.48. The number of piperidine rings is 1. The smallest absolute Gasteiger partial charge is 0.269 e. The maximum absolute atomic E-state index is 13.0. The molecular formula is C22H24N6O4. The summed E-state index contributed by atoms with van der Waals surface area (Å²) in [5, 5.41) is 19.0. The fourth-order valence-corrected chi connectivity index (χ4v) is 4.09. The van der Waals surface area contributed by atoms with Gasteiger partial charge in [-0.05, 0) is 31.3 Å². The minimum absolute atomic E-state index is 0.0321. The maximum Gasteiger partial charge on any atom is 0.269 e. The lowest BCUT2D eigenvalue weighted by Crippen LogP contribution is -2.66. The van der Waals surface area contributed by atoms with Crippen LogP contribution < -0.4 is 10.4 Å². The number of hydrazone groups is 1. The average molecular weight is 436 g/mol. The summed E-state index contributed by atoms with van der Waals surface area (Å²) in [6.07, 6.45) is 1.19. The van der Waals surface area contributed by atoms with Crippen LogP contribution in [-0.2, 0) is 4.79 Å². The molecule has 0 unspecified atom stereocenters. The van der Waals surface area contributed by atoms with Crippen molar-refractivity contribution in [2.75, 3.05) is 25.1 Å². The average Bonchev–Trinajstić information content (AvgIpc) is 3.10. The molecule has 0 saturated carbocycles. The number of hydrogen-bond acceptors (Lipinski definition) is 8. The fraction of sp³-hybridized carbons (Fsp3) is 0.318. The van der Waals surface area contributed by atoms with Crippen LogP contribution in [0, 0.1) is 10.1 Å². The van der Waals surface area contributed by atoms with Gasteiger partial charge in [0.25, 0.3) is 11.6 Å². The number of hydrogen-bond donors (Lipinski definition) is 1. The number of hydrazine groups is 1. The molecule has 0 aromatic heterocycles. The van der Waals surface area contributed by atoms with E-state index in [9.17, 15) is 19.7 Å². The number of anilines is 1. The number of benzene rings is 2. The van der Waals surface area contributed by atoms with Gasteiger partial charge in [0, 0.05) is 50.6 Å². The van der Waals surface area contributed by atoms with Gasteiger partial charge in [-0.3, -0.25) is 25.1 Å². The largest absolute Gasteiger partial charge is 0.306 e. The van der Waals surface area contributed by atoms with Gasteiger partial charge in [-0.15, -0.1) is 5.10 Å². The molecule has 1 saturated heterocycles. The number of likely N-dealkylation sites (tertiary alicyclic amines) is 1. The number of carbonyl (C=O) groups is 2. The normalized spacial score (nSPS) is 17.9. The molecule has 2 aliphatic heterocycles. The third-order valence-electron chi connectivity index (χ3n) is 5.87. The van der Waals surface area contributed by atoms with Crippen molar-refractivity contribution in [2.24, 2.45) is 5.10 Å². The number of nitro groups is 1. The molecule has 0 bridgehead atoms. The predicted molar refractivity (Wildman–Crippen MR) is 119 cm³/mol. The van der Waals surface area contributed by atoms with Gasteiger partial charge < -0.3 is 4.90 Å². The van der Waals surface area contributed by atoms with Gasteiger partial charge in [-0.1, -0.05) is 18.2 Å². The highest BCUT2D eigenvalue weighted by Gasteiger charge is 2.52. The molecule has 0 radical (unpaired) electrons. The van der Waals surface area contributed by atoms with Crippen molar-refractivity contribution in [3.63, 3.8) is 0 Å². The summed E-state index contributed by atoms with van der Waals surface area (Å²) in [5.41, 5.74) is 3.13. The molecule has 2 aromatic carbocycles. The SMILES string of the molecule is CC(=O)C1=NN(c2ccc([N+](=O)[O-])cc2)C2(CCN(C)CC2)N1NC(=O)c1ccccc1. The van der Waals surface area contributed by atoms with Crippen molar-refractivity contribution in [2.45, 2.75) is 25.4 Å². The molecule has 0 atom stereocenters. The van der Waals surface area contributed by atoms with Crippen LogP contribution in [0.4, 0.5) is 11.4 Å². The zero-order valence-corrected chi connectivity index (χ0v) is 17.9. The Morgan fingerprint density at radius 3 is 2.25 bits per heavy atom. The quantitative estimate of drug-likeness (QED) is 0.566. The summed E-state index contributed by atoms with van der Waals surface area (Å²) < 4.78 is 0. The number of nitrogens with zero attached hydrogens (tertiary/aromatic N) is 5. The highest BCUT2D eigenvalue weighted by molar-refractivity contribution is 6.38. The number of nitrogens with one attached hydrogen (secondary N) is 1. The van der Waals surface area contributed by atoms with Gasteiger partial charge in [0.1, 0.15) is 0 Å². The minimum Gasteiger partial charge on any atom is -0.306 e. The second-order valence-corrected chi connectivity index (χ2v) is 7.99. The Kier molecular flexibility index (Phi) is 5.62. The Bertz CT molecular complexity index is 1060. The molecule has 1 fully saturated rings. The van der Waals surface area contributed by atoms with Crippen molar-refractivity contribution >= 4 is 28.9 Å². The second kappa shape index (κ2) is 8.39. The van der Waals surface area contributed by atoms with Gasteiger partial charge in [-0.25, -0.2) is 10.0 Å². The first-order chi connectivity index (χ1) is 15.3. The highest BCUT2D eigenvalue weighted by Crippen LogP contribution is 2.40. The summed E-state index contributed by atoms with van der Waals surface area (Å²) in [7, 11) is 2.01. The van der Waals surface area contributed by atoms with E-state index in [1.165, 1.54) is 19.1 Å². The lowest BCUT2D eigenvalue weighted by atomic mass is 9.94. The standard InChI is InChI=1S/C22H24N6O4/c1-16(29)20-23-26(18-8-10-19(11-9-18)28(31)32)22(12-14-25(2)15-13-22)27(20)24-21(30)17-6-4-3-5-7-17/h3-11H,12-15H2,1-2H3,(H,24,30). The van der Waals surface area contributed by atoms with E-state index < -0.39 is 10.6 Å². The van der Waals surface area contributed by atoms with Crippen LogP contribution in [0.2, 0.25) is 0 Å². The van der Waals surface area contributed by atoms with Crippen molar-refractivity contribution in [3.05, 3.63) is 70.3 Å². The van der Waals surface area contributed by atoms with Crippen LogP contribution in [0.25, 0.3) is 0 Å². The molecule has 1 N–H and O–H groups in total. The van der Waals surface area contributed by atoms with Crippen LogP contribution in [0.15, 0.2) is 59.7 Å². The van der Waals surface area contributed by atoms with Gasteiger partial charge in [-0.2, -0.15) is 0 Å². The second-order valence-electron chi connectivity index (χ2n) is 7.99. The summed E-state index contributed by atoms with van der Waals surface area (Å²) in [5.74, 6) is -0.512. The summed E-state index contributed by atoms with van der Waals surface area (Å²) in [6.45, 7) is 2.85. The molecule has 32 heavy (non-hydrogen) atoms. The van der Waals surface area contributed by atoms with E-state index >= 15 is 0 Å². The fourth-order valence-electron chi connectivity index (χ4n) is 4.09. The van der Waals surface area contributed by atoms with E-state index in [0.717, 1.165) is 13.1 Å². The van der Waals surface area contributed by atoms with Crippen LogP contribution >= 0.6 is 0 Å². The Balaban J connectivity index is 1.75. The number of nitro benzene ring substituents is 1. The number of amides is 1. The number of carbonyl (C=O) groups excluding carboxylic acids is 2. The summed E-state index contributed by atoms with van der Waals surface area (Å²) in [4.78, 5) is 38.3. The number of Topliss-reactive ketones (excluding diaryl/α,β-unsaturated/α-hetero) is 1. The molecule has 10 heteroatoms. The molecule has 0 aliphatic carbocycles. The van der Waals surface area contributed by atoms with Crippen LogP contribution in [-0.4, -0.2) is 58.2 Å². The Morgan fingerprint density at radius 2 is 1.69 bits per heavy atom. The summed E-state index contributed by atoms with van der Waals surface area (Å²) in [6, 6.07) is 14.8. The molecule has 1 amide bonds. The van der Waals surface area contributed by atoms with Gasteiger partial charge in [0.2, 0.25) is 5.84 Å². The van der Waals surface area contributed by atoms with Gasteiger partial charge in [0.05, 0.1) is 10.6 Å². The van der Waals surface area contributed by atoms with Crippen molar-refractivity contribution in [3.8, 4) is 0 Å². The van der Waals surface area contributed by atoms with Gasteiger partial charge in [0.15, 0.2) is 11.4 Å². The highest BCUT2D eigenvalue weighted by atomic mass is 16.6. The first-order valence-electron chi connectivity index (χ1n) is 10.3. The van der Waals surface area contributed by atoms with E-state index in [4.69, 9.17) is 0 Å². The van der Waals surface area contributed by atoms with E-state index in [0.29, 0.717) is 24.1 Å². The van der Waals surface area contributed by atoms with Crippen LogP contribution in [0.5, 0.6) is 0 Å². The van der Waals surface area contributed by atoms with Crippen LogP contribution in [0.3, 0.4) is 0 Å². The monoisotopic (exact) mass is 436 g/mol. The number of ketones is 1. The van der Waals surface area contributed by atoms with E-state index in [2.05, 4.69) is 15.4 Å². The number of amidine groups is 1. The molecular weight excluding hydrogens is 412 g/mol. The minimum atomic E-state index is -0.811. The van der Waals surface area contributed by atoms with Crippen LogP contribution in [0.1, 0.15) is 30.1 Å². The first kappa shape index (κ1) is 21.4. The van der Waals surface area contributed by atoms with E-state index in [1.807, 2.05) is 13.1 Å². The molecule has 2 aliphatic rings. The summed E-state index contributed by atoms with van der Waals surface area (Å²) >= 11 is 0. The molecule has 10 nitrogen and oxygen atoms in total. The van der Waals surface area contributed by atoms with Crippen molar-refractivity contribution < 1.29 is 14.5 Å². The third-order valence-corrected chi connectivity index (χ3v) is 5.87. The molecule has 2 aromatic rings. The molecule has 166 valence electrons. The van der Waals surface area contributed by atoms with Crippen molar-refractivity contribution in [1.29, 1.82) is 0 Å². The first-order valence-corrected chi connectivity index (χ1v) is 10.3. The number of non-ortho nitro benzene ring substituents is 1. The molecule has 2 heterocycles. The Hall–Kier alpha value is -3.79. The van der Waals surface area contributed by atoms with E-state index in [1.54, 1.807) is 46.4 Å². The van der Waals surface area contributed by atoms with E-state index in [-0.39, 0.29) is 23.2 Å². The Morgan fingerprint density at radius 1 is 1.06 bits per heavy atom. The molecule has 1 spiro atoms. The Labute approximate surface area is 185 Å². The number of rotatable bonds is 5.